The van der Waals surface area contributed by atoms with Crippen LogP contribution in [0.4, 0.5) is 0 Å². The van der Waals surface area contributed by atoms with E-state index in [-0.39, 0.29) is 12.4 Å². The number of carbonyl (C=O) groups is 2. The zero-order chi connectivity index (χ0) is 11.5. The average molecular weight is 218 g/mol. The van der Waals surface area contributed by atoms with E-state index in [9.17, 15) is 9.59 Å². The Balaban J connectivity index is 2.34. The van der Waals surface area contributed by atoms with Crippen molar-refractivity contribution in [1.82, 2.24) is 0 Å². The predicted molar refractivity (Wildman–Crippen MR) is 56.5 cm³/mol. The number of benzene rings is 1. The van der Waals surface area contributed by atoms with Crippen molar-refractivity contribution in [3.63, 3.8) is 0 Å². The van der Waals surface area contributed by atoms with Crippen LogP contribution in [0.5, 0.6) is 0 Å². The smallest absolute Gasteiger partial charge is 0.344 e. The predicted octanol–water partition coefficient (Wildman–Crippen LogP) is 1.76. The molecule has 0 radical (unpaired) electrons. The first kappa shape index (κ1) is 10.4. The normalized spacial score (nSPS) is 15.8. The van der Waals surface area contributed by atoms with Crippen LogP contribution in [0.2, 0.25) is 0 Å². The van der Waals surface area contributed by atoms with Crippen molar-refractivity contribution >= 4 is 17.7 Å². The summed E-state index contributed by atoms with van der Waals surface area (Å²) in [5.74, 6) is -0.702. The second kappa shape index (κ2) is 4.18. The molecule has 1 heterocycles. The number of rotatable bonds is 2. The molecule has 4 nitrogen and oxygen atoms in total. The van der Waals surface area contributed by atoms with E-state index < -0.39 is 11.9 Å². The summed E-state index contributed by atoms with van der Waals surface area (Å²) < 4.78 is 9.72. The Morgan fingerprint density at radius 3 is 2.75 bits per heavy atom. The van der Waals surface area contributed by atoms with Crippen molar-refractivity contribution in [2.45, 2.75) is 6.92 Å². The Morgan fingerprint density at radius 1 is 1.38 bits per heavy atom. The Hall–Kier alpha value is -2.10. The van der Waals surface area contributed by atoms with Crippen LogP contribution in [0.3, 0.4) is 0 Å². The fourth-order valence-corrected chi connectivity index (χ4v) is 1.48. The second-order valence-corrected chi connectivity index (χ2v) is 3.20. The van der Waals surface area contributed by atoms with Gasteiger partial charge in [-0.1, -0.05) is 18.2 Å². The molecule has 0 aliphatic carbocycles. The van der Waals surface area contributed by atoms with Gasteiger partial charge < -0.3 is 9.47 Å². The number of carbonyl (C=O) groups excluding carboxylic acids is 2. The van der Waals surface area contributed by atoms with Gasteiger partial charge in [0.15, 0.2) is 0 Å². The Labute approximate surface area is 92.5 Å². The molecule has 0 N–H and O–H groups in total. The van der Waals surface area contributed by atoms with Gasteiger partial charge in [-0.25, -0.2) is 9.59 Å². The lowest BCUT2D eigenvalue weighted by Crippen LogP contribution is -2.01. The molecule has 0 bridgehead atoms. The molecule has 0 spiro atoms. The van der Waals surface area contributed by atoms with E-state index >= 15 is 0 Å². The van der Waals surface area contributed by atoms with E-state index in [0.717, 1.165) is 0 Å². The van der Waals surface area contributed by atoms with E-state index in [1.807, 2.05) is 0 Å². The lowest BCUT2D eigenvalue weighted by Gasteiger charge is -1.98. The fraction of sp³-hybridized carbons (Fsp3) is 0.167. The highest BCUT2D eigenvalue weighted by molar-refractivity contribution is 6.05. The number of hydrogen-bond acceptors (Lipinski definition) is 4. The third kappa shape index (κ3) is 1.82. The molecule has 1 aromatic carbocycles. The van der Waals surface area contributed by atoms with Gasteiger partial charge in [0.25, 0.3) is 0 Å². The maximum absolute atomic E-state index is 11.4. The Kier molecular flexibility index (Phi) is 2.72. The average Bonchev–Trinajstić information content (AvgIpc) is 2.57. The zero-order valence-corrected chi connectivity index (χ0v) is 8.73. The summed E-state index contributed by atoms with van der Waals surface area (Å²) in [4.78, 5) is 22.6. The van der Waals surface area contributed by atoms with Crippen LogP contribution in [-0.4, -0.2) is 18.5 Å². The fourth-order valence-electron chi connectivity index (χ4n) is 1.48. The maximum Gasteiger partial charge on any atom is 0.344 e. The molecule has 0 unspecified atom stereocenters. The highest BCUT2D eigenvalue weighted by atomic mass is 16.6. The lowest BCUT2D eigenvalue weighted by atomic mass is 10.1. The van der Waals surface area contributed by atoms with Crippen LogP contribution < -0.4 is 0 Å². The van der Waals surface area contributed by atoms with E-state index in [4.69, 9.17) is 9.47 Å². The molecule has 0 aromatic heterocycles. The van der Waals surface area contributed by atoms with Crippen LogP contribution in [0.15, 0.2) is 30.3 Å². The third-order valence-corrected chi connectivity index (χ3v) is 2.15. The van der Waals surface area contributed by atoms with Gasteiger partial charge in [-0.05, 0) is 13.0 Å². The first-order valence-corrected chi connectivity index (χ1v) is 4.92. The minimum absolute atomic E-state index is 0.249. The van der Waals surface area contributed by atoms with Crippen molar-refractivity contribution in [3.05, 3.63) is 41.5 Å². The van der Waals surface area contributed by atoms with Gasteiger partial charge in [-0.2, -0.15) is 0 Å². The van der Waals surface area contributed by atoms with Crippen molar-refractivity contribution in [3.8, 4) is 0 Å². The number of ether oxygens (including phenoxy) is 2. The van der Waals surface area contributed by atoms with Crippen LogP contribution in [-0.2, 0) is 14.3 Å². The SMILES string of the molecule is CCOC(=O)/C=C1/OC(=O)c2ccccc21. The molecular formula is C12H10O4. The number of hydrogen-bond donors (Lipinski definition) is 0. The molecule has 1 aromatic rings. The van der Waals surface area contributed by atoms with Crippen LogP contribution in [0.1, 0.15) is 22.8 Å². The topological polar surface area (TPSA) is 52.6 Å². The molecule has 1 aliphatic rings. The van der Waals surface area contributed by atoms with Gasteiger partial charge in [-0.15, -0.1) is 0 Å². The Bertz CT molecular complexity index is 474. The van der Waals surface area contributed by atoms with Crippen LogP contribution in [0.25, 0.3) is 5.76 Å². The van der Waals surface area contributed by atoms with Crippen molar-refractivity contribution < 1.29 is 19.1 Å². The summed E-state index contributed by atoms with van der Waals surface area (Å²) in [6, 6.07) is 6.90. The van der Waals surface area contributed by atoms with Crippen molar-refractivity contribution in [1.29, 1.82) is 0 Å². The zero-order valence-electron chi connectivity index (χ0n) is 8.73. The molecule has 82 valence electrons. The first-order valence-electron chi connectivity index (χ1n) is 4.92. The molecule has 0 fully saturated rings. The lowest BCUT2D eigenvalue weighted by molar-refractivity contribution is -0.137. The molecule has 0 amide bonds. The molecule has 1 aliphatic heterocycles. The van der Waals surface area contributed by atoms with Gasteiger partial charge >= 0.3 is 11.9 Å². The first-order chi connectivity index (χ1) is 7.72. The van der Waals surface area contributed by atoms with E-state index in [0.29, 0.717) is 11.1 Å². The summed E-state index contributed by atoms with van der Waals surface area (Å²) in [6.45, 7) is 2.00. The number of fused-ring (bicyclic) bond motifs is 1. The van der Waals surface area contributed by atoms with Gasteiger partial charge in [0.2, 0.25) is 0 Å². The monoisotopic (exact) mass is 218 g/mol. The largest absolute Gasteiger partial charge is 0.463 e. The minimum atomic E-state index is -0.512. The molecule has 0 saturated heterocycles. The van der Waals surface area contributed by atoms with Gasteiger partial charge in [0.1, 0.15) is 5.76 Å². The number of cyclic esters (lactones) is 1. The molecule has 4 heteroatoms. The summed E-state index contributed by atoms with van der Waals surface area (Å²) in [7, 11) is 0. The van der Waals surface area contributed by atoms with E-state index in [1.165, 1.54) is 6.08 Å². The highest BCUT2D eigenvalue weighted by Crippen LogP contribution is 2.29. The third-order valence-electron chi connectivity index (χ3n) is 2.15. The molecule has 0 saturated carbocycles. The summed E-state index contributed by atoms with van der Waals surface area (Å²) in [5.41, 5.74) is 1.10. The van der Waals surface area contributed by atoms with Gasteiger partial charge in [-0.3, -0.25) is 0 Å². The van der Waals surface area contributed by atoms with Gasteiger partial charge in [0.05, 0.1) is 18.2 Å². The highest BCUT2D eigenvalue weighted by Gasteiger charge is 2.26. The van der Waals surface area contributed by atoms with E-state index in [1.54, 1.807) is 31.2 Å². The van der Waals surface area contributed by atoms with Crippen LogP contribution in [0, 0.1) is 0 Å². The summed E-state index contributed by atoms with van der Waals surface area (Å²) in [5, 5.41) is 0. The standard InChI is InChI=1S/C12H10O4/c1-2-15-11(13)7-10-8-5-3-4-6-9(8)12(14)16-10/h3-7H,2H2,1H3/b10-7+. The van der Waals surface area contributed by atoms with Gasteiger partial charge in [0, 0.05) is 5.56 Å². The summed E-state index contributed by atoms with van der Waals surface area (Å²) >= 11 is 0. The molecule has 0 atom stereocenters. The number of esters is 2. The molecule has 16 heavy (non-hydrogen) atoms. The summed E-state index contributed by atoms with van der Waals surface area (Å²) in [6.07, 6.45) is 1.19. The minimum Gasteiger partial charge on any atom is -0.463 e. The van der Waals surface area contributed by atoms with Crippen LogP contribution >= 0.6 is 0 Å². The second-order valence-electron chi connectivity index (χ2n) is 3.20. The quantitative estimate of drug-likeness (QED) is 0.560. The Morgan fingerprint density at radius 2 is 2.06 bits per heavy atom. The van der Waals surface area contributed by atoms with Crippen molar-refractivity contribution in [2.75, 3.05) is 6.61 Å². The maximum atomic E-state index is 11.4. The molecular weight excluding hydrogens is 208 g/mol. The van der Waals surface area contributed by atoms with E-state index in [2.05, 4.69) is 0 Å². The van der Waals surface area contributed by atoms with Crippen molar-refractivity contribution in [2.24, 2.45) is 0 Å². The molecule has 2 rings (SSSR count).